The third-order valence-electron chi connectivity index (χ3n) is 4.07. The molecule has 2 rings (SSSR count). The highest BCUT2D eigenvalue weighted by Gasteiger charge is 2.21. The lowest BCUT2D eigenvalue weighted by Crippen LogP contribution is -2.45. The SMILES string of the molecule is CC(N)C(=O)NC(C)c1cc(F)ccc1N1CCN(C)CC1. The molecular weight excluding hydrogens is 283 g/mol. The largest absolute Gasteiger partial charge is 0.369 e. The molecule has 1 fully saturated rings. The molecule has 0 saturated carbocycles. The summed E-state index contributed by atoms with van der Waals surface area (Å²) in [5.41, 5.74) is 7.36. The fourth-order valence-electron chi connectivity index (χ4n) is 2.63. The molecule has 1 aliphatic rings. The summed E-state index contributed by atoms with van der Waals surface area (Å²) >= 11 is 0. The van der Waals surface area contributed by atoms with E-state index in [0.717, 1.165) is 37.4 Å². The quantitative estimate of drug-likeness (QED) is 0.874. The topological polar surface area (TPSA) is 61.6 Å². The van der Waals surface area contributed by atoms with Gasteiger partial charge in [-0.1, -0.05) is 0 Å². The van der Waals surface area contributed by atoms with Gasteiger partial charge in [-0.25, -0.2) is 4.39 Å². The minimum Gasteiger partial charge on any atom is -0.369 e. The van der Waals surface area contributed by atoms with Crippen molar-refractivity contribution in [2.24, 2.45) is 5.73 Å². The number of nitrogens with two attached hydrogens (primary N) is 1. The Bertz CT molecular complexity index is 527. The van der Waals surface area contributed by atoms with Crippen molar-refractivity contribution in [1.82, 2.24) is 10.2 Å². The van der Waals surface area contributed by atoms with E-state index in [1.807, 2.05) is 6.92 Å². The standard InChI is InChI=1S/C16H25FN4O/c1-11(18)16(22)19-12(2)14-10-13(17)4-5-15(14)21-8-6-20(3)7-9-21/h4-5,10-12H,6-9,18H2,1-3H3,(H,19,22). The molecule has 2 atom stereocenters. The highest BCUT2D eigenvalue weighted by Crippen LogP contribution is 2.28. The van der Waals surface area contributed by atoms with Gasteiger partial charge in [0.15, 0.2) is 0 Å². The van der Waals surface area contributed by atoms with Gasteiger partial charge < -0.3 is 20.9 Å². The van der Waals surface area contributed by atoms with E-state index in [2.05, 4.69) is 22.2 Å². The fraction of sp³-hybridized carbons (Fsp3) is 0.562. The van der Waals surface area contributed by atoms with Crippen molar-refractivity contribution >= 4 is 11.6 Å². The van der Waals surface area contributed by atoms with Crippen LogP contribution in [0.4, 0.5) is 10.1 Å². The average Bonchev–Trinajstić information content (AvgIpc) is 2.48. The van der Waals surface area contributed by atoms with Crippen molar-refractivity contribution in [3.8, 4) is 0 Å². The van der Waals surface area contributed by atoms with Gasteiger partial charge in [-0.2, -0.15) is 0 Å². The highest BCUT2D eigenvalue weighted by atomic mass is 19.1. The molecule has 1 aromatic carbocycles. The Morgan fingerprint density at radius 3 is 2.50 bits per heavy atom. The first-order chi connectivity index (χ1) is 10.4. The molecule has 1 amide bonds. The minimum absolute atomic E-state index is 0.235. The molecule has 22 heavy (non-hydrogen) atoms. The van der Waals surface area contributed by atoms with Gasteiger partial charge >= 0.3 is 0 Å². The lowest BCUT2D eigenvalue weighted by atomic mass is 10.0. The maximum Gasteiger partial charge on any atom is 0.237 e. The third-order valence-corrected chi connectivity index (χ3v) is 4.07. The number of rotatable bonds is 4. The highest BCUT2D eigenvalue weighted by molar-refractivity contribution is 5.81. The van der Waals surface area contributed by atoms with Crippen LogP contribution in [-0.4, -0.2) is 50.1 Å². The summed E-state index contributed by atoms with van der Waals surface area (Å²) in [5, 5.41) is 2.84. The third kappa shape index (κ3) is 3.96. The lowest BCUT2D eigenvalue weighted by molar-refractivity contribution is -0.122. The molecule has 5 nitrogen and oxygen atoms in total. The number of carbonyl (C=O) groups is 1. The molecule has 2 unspecified atom stereocenters. The van der Waals surface area contributed by atoms with Crippen molar-refractivity contribution in [2.75, 3.05) is 38.1 Å². The van der Waals surface area contributed by atoms with Crippen LogP contribution in [0.1, 0.15) is 25.5 Å². The zero-order chi connectivity index (χ0) is 16.3. The second kappa shape index (κ2) is 7.07. The van der Waals surface area contributed by atoms with Gasteiger partial charge in [0.1, 0.15) is 5.82 Å². The van der Waals surface area contributed by atoms with E-state index in [9.17, 15) is 9.18 Å². The number of hydrogen-bond donors (Lipinski definition) is 2. The first-order valence-electron chi connectivity index (χ1n) is 7.67. The van der Waals surface area contributed by atoms with E-state index in [0.29, 0.717) is 0 Å². The van der Waals surface area contributed by atoms with Crippen molar-refractivity contribution < 1.29 is 9.18 Å². The van der Waals surface area contributed by atoms with Gasteiger partial charge in [0, 0.05) is 37.4 Å². The summed E-state index contributed by atoms with van der Waals surface area (Å²) in [5.74, 6) is -0.532. The number of likely N-dealkylation sites (N-methyl/N-ethyl adjacent to an activating group) is 1. The molecule has 0 radical (unpaired) electrons. The van der Waals surface area contributed by atoms with Crippen LogP contribution >= 0.6 is 0 Å². The summed E-state index contributed by atoms with van der Waals surface area (Å²) in [6.45, 7) is 7.21. The average molecular weight is 308 g/mol. The van der Waals surface area contributed by atoms with E-state index in [-0.39, 0.29) is 17.8 Å². The number of benzene rings is 1. The molecule has 1 saturated heterocycles. The van der Waals surface area contributed by atoms with E-state index >= 15 is 0 Å². The molecule has 3 N–H and O–H groups in total. The summed E-state index contributed by atoms with van der Waals surface area (Å²) in [6.07, 6.45) is 0. The number of carbonyl (C=O) groups excluding carboxylic acids is 1. The van der Waals surface area contributed by atoms with Crippen LogP contribution in [0.5, 0.6) is 0 Å². The number of nitrogens with zero attached hydrogens (tertiary/aromatic N) is 2. The summed E-state index contributed by atoms with van der Waals surface area (Å²) in [4.78, 5) is 16.3. The number of piperazine rings is 1. The Hall–Kier alpha value is -1.66. The molecule has 1 heterocycles. The Morgan fingerprint density at radius 1 is 1.27 bits per heavy atom. The van der Waals surface area contributed by atoms with Crippen molar-refractivity contribution in [2.45, 2.75) is 25.9 Å². The predicted octanol–water partition coefficient (Wildman–Crippen LogP) is 1.10. The van der Waals surface area contributed by atoms with Crippen LogP contribution in [0.25, 0.3) is 0 Å². The molecule has 1 aromatic rings. The number of hydrogen-bond acceptors (Lipinski definition) is 4. The van der Waals surface area contributed by atoms with E-state index in [1.165, 1.54) is 12.1 Å². The van der Waals surface area contributed by atoms with Crippen LogP contribution in [0, 0.1) is 5.82 Å². The number of halogens is 1. The number of anilines is 1. The lowest BCUT2D eigenvalue weighted by Gasteiger charge is -2.36. The Morgan fingerprint density at radius 2 is 1.91 bits per heavy atom. The molecule has 0 bridgehead atoms. The second-order valence-electron chi connectivity index (χ2n) is 6.01. The predicted molar refractivity (Wildman–Crippen MR) is 86.3 cm³/mol. The fourth-order valence-corrected chi connectivity index (χ4v) is 2.63. The molecule has 122 valence electrons. The maximum absolute atomic E-state index is 13.7. The minimum atomic E-state index is -0.580. The van der Waals surface area contributed by atoms with Crippen molar-refractivity contribution in [3.63, 3.8) is 0 Å². The number of nitrogens with one attached hydrogen (secondary N) is 1. The Kier molecular flexibility index (Phi) is 5.37. The molecule has 0 aromatic heterocycles. The van der Waals surface area contributed by atoms with Crippen LogP contribution in [0.3, 0.4) is 0 Å². The summed E-state index contributed by atoms with van der Waals surface area (Å²) in [7, 11) is 2.09. The molecular formula is C16H25FN4O. The van der Waals surface area contributed by atoms with Gasteiger partial charge in [0.25, 0.3) is 0 Å². The molecule has 0 spiro atoms. The van der Waals surface area contributed by atoms with Crippen molar-refractivity contribution in [3.05, 3.63) is 29.6 Å². The smallest absolute Gasteiger partial charge is 0.237 e. The van der Waals surface area contributed by atoms with Crippen molar-refractivity contribution in [1.29, 1.82) is 0 Å². The zero-order valence-corrected chi connectivity index (χ0v) is 13.5. The van der Waals surface area contributed by atoms with Gasteiger partial charge in [-0.05, 0) is 39.1 Å². The Balaban J connectivity index is 2.22. The molecule has 6 heteroatoms. The Labute approximate surface area is 131 Å². The van der Waals surface area contributed by atoms with Gasteiger partial charge in [0.05, 0.1) is 12.1 Å². The van der Waals surface area contributed by atoms with Crippen LogP contribution < -0.4 is 16.0 Å². The van der Waals surface area contributed by atoms with E-state index in [1.54, 1.807) is 13.0 Å². The van der Waals surface area contributed by atoms with Gasteiger partial charge in [0.2, 0.25) is 5.91 Å². The van der Waals surface area contributed by atoms with Gasteiger partial charge in [-0.15, -0.1) is 0 Å². The second-order valence-corrected chi connectivity index (χ2v) is 6.01. The van der Waals surface area contributed by atoms with E-state index < -0.39 is 6.04 Å². The first-order valence-corrected chi connectivity index (χ1v) is 7.67. The van der Waals surface area contributed by atoms with Crippen LogP contribution in [0.2, 0.25) is 0 Å². The van der Waals surface area contributed by atoms with Crippen LogP contribution in [0.15, 0.2) is 18.2 Å². The maximum atomic E-state index is 13.7. The summed E-state index contributed by atoms with van der Waals surface area (Å²) in [6, 6.07) is 3.90. The van der Waals surface area contributed by atoms with Gasteiger partial charge in [-0.3, -0.25) is 4.79 Å². The first kappa shape index (κ1) is 16.7. The summed E-state index contributed by atoms with van der Waals surface area (Å²) < 4.78 is 13.7. The molecule has 1 aliphatic heterocycles. The normalized spacial score (nSPS) is 18.9. The zero-order valence-electron chi connectivity index (χ0n) is 13.5. The monoisotopic (exact) mass is 308 g/mol. The molecule has 0 aliphatic carbocycles. The van der Waals surface area contributed by atoms with E-state index in [4.69, 9.17) is 5.73 Å². The number of amides is 1. The van der Waals surface area contributed by atoms with Crippen LogP contribution in [-0.2, 0) is 4.79 Å².